The van der Waals surface area contributed by atoms with Gasteiger partial charge < -0.3 is 25.4 Å². The van der Waals surface area contributed by atoms with Crippen LogP contribution in [0, 0.1) is 0 Å². The highest BCUT2D eigenvalue weighted by molar-refractivity contribution is 7.46. The van der Waals surface area contributed by atoms with Crippen LogP contribution in [0.3, 0.4) is 0 Å². The smallest absolute Gasteiger partial charge is 0.388 e. The number of aliphatic hydroxyl groups is 1. The van der Waals surface area contributed by atoms with E-state index < -0.39 is 26.3 Å². The van der Waals surface area contributed by atoms with Gasteiger partial charge in [-0.3, -0.25) is 9.09 Å². The molecule has 11 nitrogen and oxygen atoms in total. The summed E-state index contributed by atoms with van der Waals surface area (Å²) in [5.41, 5.74) is 6.47. The monoisotopic (exact) mass is 331 g/mol. The summed E-state index contributed by atoms with van der Waals surface area (Å²) in [5.74, 6) is 0.206. The molecule has 0 saturated carbocycles. The summed E-state index contributed by atoms with van der Waals surface area (Å²) < 4.78 is 22.2. The van der Waals surface area contributed by atoms with E-state index in [0.717, 1.165) is 0 Å². The standard InChI is InChI=1S/C10H14N5O6P/c11-8-7-9(13-3-12-8)15(4-14-7)10-6(16)1-5(21-10)2-20-22(17,18)19/h3-6,10,16H,1-2H2,(H2,11,12,13)(H2,17,18,19)/t5-,6-,10+/m0/s1. The lowest BCUT2D eigenvalue weighted by molar-refractivity contribution is -0.0481. The minimum absolute atomic E-state index is 0.158. The molecule has 0 amide bonds. The molecule has 1 aliphatic rings. The number of nitrogens with zero attached hydrogens (tertiary/aromatic N) is 4. The fourth-order valence-corrected chi connectivity index (χ4v) is 2.68. The van der Waals surface area contributed by atoms with Gasteiger partial charge in [-0.05, 0) is 0 Å². The maximum Gasteiger partial charge on any atom is 0.469 e. The maximum atomic E-state index is 10.7. The predicted molar refractivity (Wildman–Crippen MR) is 72.3 cm³/mol. The third-order valence-corrected chi connectivity index (χ3v) is 3.74. The first kappa shape index (κ1) is 15.3. The van der Waals surface area contributed by atoms with Gasteiger partial charge in [-0.1, -0.05) is 0 Å². The van der Waals surface area contributed by atoms with Crippen molar-refractivity contribution in [1.82, 2.24) is 19.5 Å². The van der Waals surface area contributed by atoms with Crippen molar-refractivity contribution in [3.63, 3.8) is 0 Å². The van der Waals surface area contributed by atoms with Gasteiger partial charge in [-0.15, -0.1) is 0 Å². The molecule has 5 N–H and O–H groups in total. The van der Waals surface area contributed by atoms with Crippen molar-refractivity contribution in [3.8, 4) is 0 Å². The van der Waals surface area contributed by atoms with Crippen molar-refractivity contribution >= 4 is 24.8 Å². The van der Waals surface area contributed by atoms with Crippen LogP contribution in [0.4, 0.5) is 5.82 Å². The highest BCUT2D eigenvalue weighted by Gasteiger charge is 2.37. The van der Waals surface area contributed by atoms with E-state index in [-0.39, 0.29) is 18.8 Å². The van der Waals surface area contributed by atoms with Crippen molar-refractivity contribution in [1.29, 1.82) is 0 Å². The van der Waals surface area contributed by atoms with Crippen LogP contribution < -0.4 is 5.73 Å². The Morgan fingerprint density at radius 1 is 1.45 bits per heavy atom. The quantitative estimate of drug-likeness (QED) is 0.519. The third kappa shape index (κ3) is 2.95. The summed E-state index contributed by atoms with van der Waals surface area (Å²) in [7, 11) is -4.58. The number of aromatic nitrogens is 4. The van der Waals surface area contributed by atoms with Crippen LogP contribution in [-0.2, 0) is 13.8 Å². The molecule has 120 valence electrons. The number of aliphatic hydroxyl groups excluding tert-OH is 1. The Hall–Kier alpha value is -1.62. The van der Waals surface area contributed by atoms with E-state index in [1.807, 2.05) is 0 Å². The molecule has 0 radical (unpaired) electrons. The van der Waals surface area contributed by atoms with Crippen LogP contribution in [0.1, 0.15) is 12.6 Å². The van der Waals surface area contributed by atoms with Gasteiger partial charge in [0.2, 0.25) is 0 Å². The fourth-order valence-electron chi connectivity index (χ4n) is 2.32. The molecule has 3 heterocycles. The number of ether oxygens (including phenoxy) is 1. The van der Waals surface area contributed by atoms with E-state index in [2.05, 4.69) is 19.5 Å². The third-order valence-electron chi connectivity index (χ3n) is 3.26. The number of phosphoric acid groups is 1. The van der Waals surface area contributed by atoms with Crippen LogP contribution in [0.15, 0.2) is 12.7 Å². The van der Waals surface area contributed by atoms with Gasteiger partial charge in [0.1, 0.15) is 17.9 Å². The second-order valence-electron chi connectivity index (χ2n) is 4.82. The van der Waals surface area contributed by atoms with E-state index in [4.69, 9.17) is 20.3 Å². The number of hydrogen-bond acceptors (Lipinski definition) is 8. The van der Waals surface area contributed by atoms with E-state index in [0.29, 0.717) is 11.2 Å². The average molecular weight is 331 g/mol. The Morgan fingerprint density at radius 3 is 2.95 bits per heavy atom. The number of fused-ring (bicyclic) bond motifs is 1. The van der Waals surface area contributed by atoms with E-state index in [1.165, 1.54) is 17.2 Å². The normalized spacial score (nSPS) is 25.9. The number of rotatable bonds is 4. The highest BCUT2D eigenvalue weighted by atomic mass is 31.2. The maximum absolute atomic E-state index is 10.7. The molecule has 3 rings (SSSR count). The minimum atomic E-state index is -4.58. The molecule has 0 spiro atoms. The molecule has 1 fully saturated rings. The first-order valence-corrected chi connectivity index (χ1v) is 7.85. The zero-order valence-corrected chi connectivity index (χ0v) is 12.1. The number of nitrogen functional groups attached to an aromatic ring is 1. The molecule has 3 atom stereocenters. The summed E-state index contributed by atoms with van der Waals surface area (Å²) in [5, 5.41) is 10.1. The summed E-state index contributed by atoms with van der Waals surface area (Å²) in [4.78, 5) is 29.3. The Balaban J connectivity index is 1.80. The van der Waals surface area contributed by atoms with Gasteiger partial charge in [0, 0.05) is 6.42 Å². The zero-order chi connectivity index (χ0) is 15.9. The number of phosphoric ester groups is 1. The van der Waals surface area contributed by atoms with Crippen molar-refractivity contribution in [2.75, 3.05) is 12.3 Å². The Labute approximate surface area is 124 Å². The Kier molecular flexibility index (Phi) is 3.85. The van der Waals surface area contributed by atoms with Gasteiger partial charge in [0.15, 0.2) is 17.7 Å². The zero-order valence-electron chi connectivity index (χ0n) is 11.2. The van der Waals surface area contributed by atoms with Gasteiger partial charge in [0.05, 0.1) is 19.0 Å². The number of imidazole rings is 1. The molecule has 0 aromatic carbocycles. The summed E-state index contributed by atoms with van der Waals surface area (Å²) >= 11 is 0. The molecule has 0 aliphatic carbocycles. The molecule has 1 saturated heterocycles. The van der Waals surface area contributed by atoms with Crippen LogP contribution in [0.2, 0.25) is 0 Å². The topological polar surface area (TPSA) is 166 Å². The van der Waals surface area contributed by atoms with Gasteiger partial charge in [-0.25, -0.2) is 19.5 Å². The lowest BCUT2D eigenvalue weighted by Gasteiger charge is -2.17. The number of hydrogen-bond donors (Lipinski definition) is 4. The second-order valence-corrected chi connectivity index (χ2v) is 6.06. The molecule has 2 aromatic heterocycles. The molecule has 0 bridgehead atoms. The van der Waals surface area contributed by atoms with E-state index in [9.17, 15) is 9.67 Å². The molecular weight excluding hydrogens is 317 g/mol. The van der Waals surface area contributed by atoms with Crippen molar-refractivity contribution in [3.05, 3.63) is 12.7 Å². The SMILES string of the molecule is Nc1ncnc2c1ncn2[C@@H]1O[C@H](COP(=O)(O)O)C[C@@H]1O. The summed E-state index contributed by atoms with van der Waals surface area (Å²) in [6.45, 7) is -0.332. The summed E-state index contributed by atoms with van der Waals surface area (Å²) in [6.07, 6.45) is 0.472. The number of nitrogens with two attached hydrogens (primary N) is 1. The van der Waals surface area contributed by atoms with Gasteiger partial charge >= 0.3 is 7.82 Å². The van der Waals surface area contributed by atoms with E-state index in [1.54, 1.807) is 0 Å². The Morgan fingerprint density at radius 2 is 2.23 bits per heavy atom. The molecule has 12 heteroatoms. The van der Waals surface area contributed by atoms with Crippen LogP contribution in [0.25, 0.3) is 11.2 Å². The van der Waals surface area contributed by atoms with Crippen LogP contribution >= 0.6 is 7.82 Å². The van der Waals surface area contributed by atoms with Crippen LogP contribution in [-0.4, -0.2) is 53.2 Å². The van der Waals surface area contributed by atoms with Crippen molar-refractivity contribution in [2.45, 2.75) is 24.9 Å². The number of anilines is 1. The minimum Gasteiger partial charge on any atom is -0.388 e. The van der Waals surface area contributed by atoms with Gasteiger partial charge in [0.25, 0.3) is 0 Å². The molecule has 22 heavy (non-hydrogen) atoms. The largest absolute Gasteiger partial charge is 0.469 e. The second kappa shape index (κ2) is 5.54. The molecule has 1 aliphatic heterocycles. The van der Waals surface area contributed by atoms with Gasteiger partial charge in [-0.2, -0.15) is 0 Å². The lowest BCUT2D eigenvalue weighted by Crippen LogP contribution is -2.19. The first-order valence-electron chi connectivity index (χ1n) is 6.32. The lowest BCUT2D eigenvalue weighted by atomic mass is 10.2. The van der Waals surface area contributed by atoms with E-state index >= 15 is 0 Å². The fraction of sp³-hybridized carbons (Fsp3) is 0.500. The first-order chi connectivity index (χ1) is 10.3. The van der Waals surface area contributed by atoms with Crippen LogP contribution in [0.5, 0.6) is 0 Å². The Bertz CT molecular complexity index is 732. The summed E-state index contributed by atoms with van der Waals surface area (Å²) in [6, 6.07) is 0. The highest BCUT2D eigenvalue weighted by Crippen LogP contribution is 2.38. The van der Waals surface area contributed by atoms with Crippen molar-refractivity contribution < 1.29 is 28.7 Å². The van der Waals surface area contributed by atoms with Crippen molar-refractivity contribution in [2.24, 2.45) is 0 Å². The molecular formula is C10H14N5O6P. The average Bonchev–Trinajstić information content (AvgIpc) is 3.00. The molecule has 0 unspecified atom stereocenters. The predicted octanol–water partition coefficient (Wildman–Crippen LogP) is -0.834. The molecule has 2 aromatic rings.